The quantitative estimate of drug-likeness (QED) is 0.328. The van der Waals surface area contributed by atoms with Gasteiger partial charge in [-0.15, -0.1) is 0 Å². The van der Waals surface area contributed by atoms with E-state index in [1.54, 1.807) is 7.11 Å². The van der Waals surface area contributed by atoms with Gasteiger partial charge in [-0.3, -0.25) is 4.79 Å². The third-order valence-corrected chi connectivity index (χ3v) is 9.00. The number of hydrogen-bond donors (Lipinski definition) is 0. The fourth-order valence-corrected chi connectivity index (χ4v) is 6.54. The van der Waals surface area contributed by atoms with E-state index in [9.17, 15) is 4.79 Å². The van der Waals surface area contributed by atoms with Crippen molar-refractivity contribution in [1.82, 2.24) is 15.0 Å². The van der Waals surface area contributed by atoms with E-state index in [-0.39, 0.29) is 17.9 Å². The first-order valence-electron chi connectivity index (χ1n) is 14.3. The molecule has 0 aliphatic carbocycles. The van der Waals surface area contributed by atoms with Crippen molar-refractivity contribution in [3.05, 3.63) is 82.7 Å². The van der Waals surface area contributed by atoms with E-state index in [0.29, 0.717) is 23.8 Å². The molecule has 0 bridgehead atoms. The molecule has 1 fully saturated rings. The van der Waals surface area contributed by atoms with E-state index in [4.69, 9.17) is 14.0 Å². The maximum Gasteiger partial charge on any atom is 0.258 e. The molecule has 0 N–H and O–H groups in total. The fourth-order valence-electron chi connectivity index (χ4n) is 6.54. The normalized spacial score (nSPS) is 17.5. The smallest absolute Gasteiger partial charge is 0.258 e. The average Bonchev–Trinajstić information content (AvgIpc) is 3.71. The molecule has 210 valence electrons. The standard InChI is InChI=1S/C33H34N4O4/c1-21-16-25(8-9-26(21)22-4-6-23(7-5-22)31-34-30(19-39-3)41-35-31)32(38)37-13-10-24-17-29-27(18-28(24)37)33(20-40-29)11-14-36(2)15-12-33/h4-9,16-18H,10-15,19-20H2,1-3H3. The molecule has 7 rings (SSSR count). The summed E-state index contributed by atoms with van der Waals surface area (Å²) in [7, 11) is 3.78. The van der Waals surface area contributed by atoms with Crippen LogP contribution in [0.25, 0.3) is 22.5 Å². The average molecular weight is 551 g/mol. The van der Waals surface area contributed by atoms with E-state index < -0.39 is 0 Å². The lowest BCUT2D eigenvalue weighted by molar-refractivity contribution is 0.0989. The third kappa shape index (κ3) is 4.51. The summed E-state index contributed by atoms with van der Waals surface area (Å²) in [5.74, 6) is 2.05. The Bertz CT molecular complexity index is 1620. The first-order chi connectivity index (χ1) is 19.9. The highest BCUT2D eigenvalue weighted by Gasteiger charge is 2.44. The van der Waals surface area contributed by atoms with Crippen molar-refractivity contribution in [3.63, 3.8) is 0 Å². The summed E-state index contributed by atoms with van der Waals surface area (Å²) in [6.07, 6.45) is 3.04. The second-order valence-corrected chi connectivity index (χ2v) is 11.6. The van der Waals surface area contributed by atoms with E-state index >= 15 is 0 Å². The molecule has 41 heavy (non-hydrogen) atoms. The van der Waals surface area contributed by atoms with Crippen molar-refractivity contribution in [3.8, 4) is 28.3 Å². The summed E-state index contributed by atoms with van der Waals surface area (Å²) >= 11 is 0. The highest BCUT2D eigenvalue weighted by atomic mass is 16.5. The van der Waals surface area contributed by atoms with Gasteiger partial charge in [0.25, 0.3) is 11.8 Å². The van der Waals surface area contributed by atoms with Gasteiger partial charge in [-0.1, -0.05) is 35.5 Å². The Balaban J connectivity index is 1.12. The van der Waals surface area contributed by atoms with Gasteiger partial charge in [0.1, 0.15) is 12.4 Å². The number of piperidine rings is 1. The summed E-state index contributed by atoms with van der Waals surface area (Å²) in [6, 6.07) is 18.5. The van der Waals surface area contributed by atoms with Crippen LogP contribution < -0.4 is 9.64 Å². The van der Waals surface area contributed by atoms with Gasteiger partial charge in [0.2, 0.25) is 5.82 Å². The molecule has 0 atom stereocenters. The van der Waals surface area contributed by atoms with Crippen LogP contribution in [-0.4, -0.2) is 61.3 Å². The zero-order valence-corrected chi connectivity index (χ0v) is 23.8. The number of anilines is 1. The summed E-state index contributed by atoms with van der Waals surface area (Å²) < 4.78 is 16.5. The van der Waals surface area contributed by atoms with Crippen LogP contribution in [0.2, 0.25) is 0 Å². The lowest BCUT2D eigenvalue weighted by atomic mass is 9.74. The number of methoxy groups -OCH3 is 1. The fraction of sp³-hybridized carbons (Fsp3) is 0.364. The van der Waals surface area contributed by atoms with Gasteiger partial charge in [0, 0.05) is 41.4 Å². The summed E-state index contributed by atoms with van der Waals surface area (Å²) in [6.45, 7) is 5.93. The topological polar surface area (TPSA) is 80.9 Å². The van der Waals surface area contributed by atoms with Crippen LogP contribution in [0, 0.1) is 6.92 Å². The van der Waals surface area contributed by atoms with Gasteiger partial charge in [0.05, 0.1) is 6.61 Å². The highest BCUT2D eigenvalue weighted by Crippen LogP contribution is 2.49. The molecule has 1 spiro atoms. The van der Waals surface area contributed by atoms with Crippen LogP contribution in [0.15, 0.2) is 59.1 Å². The molecule has 0 saturated carbocycles. The molecule has 3 aliphatic rings. The number of nitrogens with zero attached hydrogens (tertiary/aromatic N) is 4. The molecule has 8 nitrogen and oxygen atoms in total. The van der Waals surface area contributed by atoms with Crippen molar-refractivity contribution in [1.29, 1.82) is 0 Å². The minimum Gasteiger partial charge on any atom is -0.492 e. The van der Waals surface area contributed by atoms with Crippen molar-refractivity contribution >= 4 is 11.6 Å². The molecule has 1 aromatic heterocycles. The van der Waals surface area contributed by atoms with Gasteiger partial charge in [-0.25, -0.2) is 0 Å². The van der Waals surface area contributed by atoms with Crippen molar-refractivity contribution in [2.45, 2.75) is 38.2 Å². The Labute approximate surface area is 239 Å². The minimum atomic E-state index is 0.0500. The van der Waals surface area contributed by atoms with Crippen molar-refractivity contribution in [2.24, 2.45) is 0 Å². The van der Waals surface area contributed by atoms with Crippen LogP contribution in [0.4, 0.5) is 5.69 Å². The lowest BCUT2D eigenvalue weighted by Crippen LogP contribution is -2.42. The number of carbonyl (C=O) groups is 1. The Morgan fingerprint density at radius 1 is 1.02 bits per heavy atom. The van der Waals surface area contributed by atoms with Gasteiger partial charge < -0.3 is 23.8 Å². The molecule has 3 aliphatic heterocycles. The molecular weight excluding hydrogens is 516 g/mol. The number of aryl methyl sites for hydroxylation is 1. The molecule has 0 radical (unpaired) electrons. The number of likely N-dealkylation sites (tertiary alicyclic amines) is 1. The molecule has 1 saturated heterocycles. The van der Waals surface area contributed by atoms with Gasteiger partial charge in [-0.05, 0) is 92.8 Å². The SMILES string of the molecule is COCc1nc(-c2ccc(-c3ccc(C(=O)N4CCc5cc6c(cc54)C4(CCN(C)CC4)CO6)cc3C)cc2)no1. The van der Waals surface area contributed by atoms with Gasteiger partial charge in [0.15, 0.2) is 0 Å². The zero-order valence-electron chi connectivity index (χ0n) is 23.8. The molecule has 8 heteroatoms. The van der Waals surface area contributed by atoms with E-state index in [1.807, 2.05) is 47.4 Å². The van der Waals surface area contributed by atoms with Crippen molar-refractivity contribution in [2.75, 3.05) is 45.3 Å². The number of rotatable bonds is 5. The Hall–Kier alpha value is -4.01. The highest BCUT2D eigenvalue weighted by molar-refractivity contribution is 6.08. The largest absolute Gasteiger partial charge is 0.492 e. The van der Waals surface area contributed by atoms with Gasteiger partial charge in [-0.2, -0.15) is 4.98 Å². The molecule has 4 heterocycles. The molecule has 1 amide bonds. The number of aromatic nitrogens is 2. The Kier molecular flexibility index (Phi) is 6.40. The second-order valence-electron chi connectivity index (χ2n) is 11.6. The predicted octanol–water partition coefficient (Wildman–Crippen LogP) is 5.42. The van der Waals surface area contributed by atoms with Gasteiger partial charge >= 0.3 is 0 Å². The Morgan fingerprint density at radius 2 is 1.80 bits per heavy atom. The maximum absolute atomic E-state index is 13.8. The number of ether oxygens (including phenoxy) is 2. The first-order valence-corrected chi connectivity index (χ1v) is 14.3. The molecule has 0 unspecified atom stereocenters. The minimum absolute atomic E-state index is 0.0500. The lowest BCUT2D eigenvalue weighted by Gasteiger charge is -2.37. The number of benzene rings is 3. The second kappa shape index (κ2) is 10.1. The van der Waals surface area contributed by atoms with E-state index in [2.05, 4.69) is 41.1 Å². The summed E-state index contributed by atoms with van der Waals surface area (Å²) in [5.41, 5.74) is 8.38. The molecule has 4 aromatic rings. The first kappa shape index (κ1) is 25.9. The zero-order chi connectivity index (χ0) is 28.1. The summed E-state index contributed by atoms with van der Waals surface area (Å²) in [5, 5.41) is 4.04. The molecular formula is C33H34N4O4. The van der Waals surface area contributed by atoms with Crippen molar-refractivity contribution < 1.29 is 18.8 Å². The third-order valence-electron chi connectivity index (χ3n) is 9.00. The number of amides is 1. The van der Waals surface area contributed by atoms with Crippen LogP contribution in [0.5, 0.6) is 5.75 Å². The predicted molar refractivity (Wildman–Crippen MR) is 156 cm³/mol. The number of hydrogen-bond acceptors (Lipinski definition) is 7. The number of fused-ring (bicyclic) bond motifs is 3. The number of carbonyl (C=O) groups excluding carboxylic acids is 1. The van der Waals surface area contributed by atoms with E-state index in [1.165, 1.54) is 11.1 Å². The molecule has 3 aromatic carbocycles. The van der Waals surface area contributed by atoms with E-state index in [0.717, 1.165) is 72.6 Å². The monoisotopic (exact) mass is 550 g/mol. The maximum atomic E-state index is 13.8. The van der Waals surface area contributed by atoms with Crippen LogP contribution in [0.1, 0.15) is 45.8 Å². The van der Waals surface area contributed by atoms with Crippen LogP contribution in [0.3, 0.4) is 0 Å². The Morgan fingerprint density at radius 3 is 2.56 bits per heavy atom. The van der Waals surface area contributed by atoms with Crippen LogP contribution in [-0.2, 0) is 23.2 Å². The summed E-state index contributed by atoms with van der Waals surface area (Å²) in [4.78, 5) is 22.5. The van der Waals surface area contributed by atoms with Crippen LogP contribution >= 0.6 is 0 Å².